The molecule has 9 heteroatoms. The first-order valence-electron chi connectivity index (χ1n) is 9.11. The fourth-order valence-electron chi connectivity index (χ4n) is 2.97. The lowest BCUT2D eigenvalue weighted by atomic mass is 9.87. The van der Waals surface area contributed by atoms with Crippen LogP contribution in [0, 0.1) is 6.92 Å². The number of nitrogens with zero attached hydrogens (tertiary/aromatic N) is 2. The van der Waals surface area contributed by atoms with Gasteiger partial charge in [0.25, 0.3) is 10.0 Å². The van der Waals surface area contributed by atoms with Gasteiger partial charge in [-0.15, -0.1) is 0 Å². The van der Waals surface area contributed by atoms with Crippen LogP contribution in [-0.2, 0) is 15.4 Å². The maximum absolute atomic E-state index is 13.0. The van der Waals surface area contributed by atoms with Gasteiger partial charge in [0.1, 0.15) is 5.56 Å². The van der Waals surface area contributed by atoms with Crippen LogP contribution in [0.5, 0.6) is 0 Å². The molecule has 1 aromatic heterocycles. The van der Waals surface area contributed by atoms with Crippen molar-refractivity contribution >= 4 is 33.3 Å². The minimum Gasteiger partial charge on any atom is -0.478 e. The number of rotatable bonds is 5. The summed E-state index contributed by atoms with van der Waals surface area (Å²) in [6.07, 6.45) is 1.21. The summed E-state index contributed by atoms with van der Waals surface area (Å²) in [4.78, 5) is 11.5. The molecule has 0 fully saturated rings. The standard InChI is InChI=1S/C21H22ClN3O4S/c1-13-17(20(26)27)12-23-25(13)19-11-15(22)7-10-18(19)24-30(28,29)16-8-5-14(6-9-16)21(2,3)4/h5-12,24H,1-4H3,(H,26,27). The molecule has 158 valence electrons. The Morgan fingerprint density at radius 1 is 1.13 bits per heavy atom. The van der Waals surface area contributed by atoms with Gasteiger partial charge in [-0.1, -0.05) is 44.5 Å². The monoisotopic (exact) mass is 447 g/mol. The molecular formula is C21H22ClN3O4S. The maximum atomic E-state index is 13.0. The number of sulfonamides is 1. The molecule has 7 nitrogen and oxygen atoms in total. The van der Waals surface area contributed by atoms with Crippen LogP contribution in [0.4, 0.5) is 5.69 Å². The highest BCUT2D eigenvalue weighted by Gasteiger charge is 2.21. The Morgan fingerprint density at radius 2 is 1.77 bits per heavy atom. The summed E-state index contributed by atoms with van der Waals surface area (Å²) < 4.78 is 29.8. The molecule has 0 unspecified atom stereocenters. The van der Waals surface area contributed by atoms with Gasteiger partial charge in [-0.2, -0.15) is 5.10 Å². The first-order chi connectivity index (χ1) is 13.9. The molecule has 0 aliphatic rings. The topological polar surface area (TPSA) is 101 Å². The highest BCUT2D eigenvalue weighted by Crippen LogP contribution is 2.29. The zero-order valence-electron chi connectivity index (χ0n) is 17.0. The van der Waals surface area contributed by atoms with Gasteiger partial charge in [0.05, 0.1) is 28.2 Å². The van der Waals surface area contributed by atoms with E-state index in [1.165, 1.54) is 23.0 Å². The smallest absolute Gasteiger partial charge is 0.339 e. The summed E-state index contributed by atoms with van der Waals surface area (Å²) in [6, 6.07) is 11.3. The van der Waals surface area contributed by atoms with Crippen LogP contribution in [0.1, 0.15) is 42.4 Å². The predicted octanol–water partition coefficient (Wildman–Crippen LogP) is 4.63. The van der Waals surface area contributed by atoms with Gasteiger partial charge in [0, 0.05) is 5.02 Å². The van der Waals surface area contributed by atoms with E-state index in [1.54, 1.807) is 37.3 Å². The second-order valence-corrected chi connectivity index (χ2v) is 10.0. The molecule has 0 saturated heterocycles. The van der Waals surface area contributed by atoms with Crippen LogP contribution in [0.3, 0.4) is 0 Å². The van der Waals surface area contributed by atoms with Crippen molar-refractivity contribution in [2.75, 3.05) is 4.72 Å². The van der Waals surface area contributed by atoms with Gasteiger partial charge in [-0.3, -0.25) is 4.72 Å². The average molecular weight is 448 g/mol. The van der Waals surface area contributed by atoms with Crippen molar-refractivity contribution < 1.29 is 18.3 Å². The quantitative estimate of drug-likeness (QED) is 0.593. The predicted molar refractivity (Wildman–Crippen MR) is 116 cm³/mol. The third kappa shape index (κ3) is 4.34. The lowest BCUT2D eigenvalue weighted by Gasteiger charge is -2.19. The molecule has 0 saturated carbocycles. The molecule has 0 amide bonds. The van der Waals surface area contributed by atoms with Gasteiger partial charge in [0.15, 0.2) is 0 Å². The summed E-state index contributed by atoms with van der Waals surface area (Å²) in [5, 5.41) is 13.7. The molecule has 0 radical (unpaired) electrons. The van der Waals surface area contributed by atoms with E-state index in [0.29, 0.717) is 16.4 Å². The largest absolute Gasteiger partial charge is 0.478 e. The molecule has 0 aliphatic carbocycles. The molecule has 2 N–H and O–H groups in total. The third-order valence-electron chi connectivity index (χ3n) is 4.70. The van der Waals surface area contributed by atoms with Gasteiger partial charge < -0.3 is 5.11 Å². The fourth-order valence-corrected chi connectivity index (χ4v) is 4.21. The minimum atomic E-state index is -3.89. The lowest BCUT2D eigenvalue weighted by Crippen LogP contribution is -2.16. The number of anilines is 1. The van der Waals surface area contributed by atoms with E-state index in [9.17, 15) is 18.3 Å². The van der Waals surface area contributed by atoms with E-state index in [2.05, 4.69) is 9.82 Å². The van der Waals surface area contributed by atoms with Crippen LogP contribution >= 0.6 is 11.6 Å². The Balaban J connectivity index is 2.02. The van der Waals surface area contributed by atoms with Crippen molar-refractivity contribution in [2.45, 2.75) is 38.0 Å². The second-order valence-electron chi connectivity index (χ2n) is 7.90. The van der Waals surface area contributed by atoms with E-state index in [0.717, 1.165) is 5.56 Å². The molecule has 0 atom stereocenters. The summed E-state index contributed by atoms with van der Waals surface area (Å²) in [5.41, 5.74) is 1.83. The summed E-state index contributed by atoms with van der Waals surface area (Å²) in [7, 11) is -3.89. The lowest BCUT2D eigenvalue weighted by molar-refractivity contribution is 0.0696. The first kappa shape index (κ1) is 21.9. The number of carboxylic acids is 1. The van der Waals surface area contributed by atoms with Crippen LogP contribution in [0.25, 0.3) is 5.69 Å². The molecule has 0 bridgehead atoms. The third-order valence-corrected chi connectivity index (χ3v) is 6.32. The van der Waals surface area contributed by atoms with E-state index < -0.39 is 16.0 Å². The number of halogens is 1. The Bertz CT molecular complexity index is 1210. The van der Waals surface area contributed by atoms with Crippen molar-refractivity contribution in [2.24, 2.45) is 0 Å². The molecule has 2 aromatic carbocycles. The number of carbonyl (C=O) groups is 1. The fraction of sp³-hybridized carbons (Fsp3) is 0.238. The summed E-state index contributed by atoms with van der Waals surface area (Å²) in [6.45, 7) is 7.73. The van der Waals surface area contributed by atoms with Crippen LogP contribution in [0.2, 0.25) is 5.02 Å². The SMILES string of the molecule is Cc1c(C(=O)O)cnn1-c1cc(Cl)ccc1NS(=O)(=O)c1ccc(C(C)(C)C)cc1. The Kier molecular flexibility index (Phi) is 5.66. The second kappa shape index (κ2) is 7.77. The number of nitrogens with one attached hydrogen (secondary N) is 1. The molecular weight excluding hydrogens is 426 g/mol. The van der Waals surface area contributed by atoms with Gasteiger partial charge in [-0.05, 0) is 48.2 Å². The Hall–Kier alpha value is -2.84. The minimum absolute atomic E-state index is 0.0153. The molecule has 30 heavy (non-hydrogen) atoms. The van der Waals surface area contributed by atoms with Gasteiger partial charge in [0.2, 0.25) is 0 Å². The number of hydrogen-bond acceptors (Lipinski definition) is 4. The molecule has 3 rings (SSSR count). The van der Waals surface area contributed by atoms with Crippen LogP contribution in [-0.4, -0.2) is 29.3 Å². The summed E-state index contributed by atoms with van der Waals surface area (Å²) in [5.74, 6) is -1.12. The molecule has 1 heterocycles. The van der Waals surface area contributed by atoms with E-state index >= 15 is 0 Å². The number of aromatic carboxylic acids is 1. The molecule has 3 aromatic rings. The van der Waals surface area contributed by atoms with Crippen molar-refractivity contribution in [1.29, 1.82) is 0 Å². The van der Waals surface area contributed by atoms with Crippen LogP contribution < -0.4 is 4.72 Å². The van der Waals surface area contributed by atoms with Gasteiger partial charge >= 0.3 is 5.97 Å². The van der Waals surface area contributed by atoms with Crippen molar-refractivity contribution in [1.82, 2.24) is 9.78 Å². The van der Waals surface area contributed by atoms with Gasteiger partial charge in [-0.25, -0.2) is 17.9 Å². The van der Waals surface area contributed by atoms with Crippen molar-refractivity contribution in [3.05, 3.63) is 70.5 Å². The maximum Gasteiger partial charge on any atom is 0.339 e. The Labute approximate surface area is 180 Å². The number of hydrogen-bond donors (Lipinski definition) is 2. The zero-order valence-corrected chi connectivity index (χ0v) is 18.5. The molecule has 0 aliphatic heterocycles. The molecule has 0 spiro atoms. The van der Waals surface area contributed by atoms with Crippen LogP contribution in [0.15, 0.2) is 53.6 Å². The summed E-state index contributed by atoms with van der Waals surface area (Å²) >= 11 is 6.10. The number of benzene rings is 2. The van der Waals surface area contributed by atoms with Crippen molar-refractivity contribution in [3.63, 3.8) is 0 Å². The highest BCUT2D eigenvalue weighted by molar-refractivity contribution is 7.92. The average Bonchev–Trinajstić information content (AvgIpc) is 3.04. The number of aromatic nitrogens is 2. The highest BCUT2D eigenvalue weighted by atomic mass is 35.5. The number of carboxylic acid groups (broad SMARTS) is 1. The first-order valence-corrected chi connectivity index (χ1v) is 11.0. The van der Waals surface area contributed by atoms with E-state index in [-0.39, 0.29) is 21.6 Å². The van der Waals surface area contributed by atoms with Crippen molar-refractivity contribution in [3.8, 4) is 5.69 Å². The van der Waals surface area contributed by atoms with E-state index in [1.807, 2.05) is 20.8 Å². The normalized spacial score (nSPS) is 12.0. The Morgan fingerprint density at radius 3 is 2.30 bits per heavy atom. The van der Waals surface area contributed by atoms with E-state index in [4.69, 9.17) is 11.6 Å². The zero-order chi connectivity index (χ0) is 22.3.